The normalized spacial score (nSPS) is 18.8. The predicted octanol–water partition coefficient (Wildman–Crippen LogP) is 4.29. The van der Waals surface area contributed by atoms with Gasteiger partial charge in [0, 0.05) is 45.2 Å². The van der Waals surface area contributed by atoms with E-state index >= 15 is 0 Å². The van der Waals surface area contributed by atoms with Crippen molar-refractivity contribution in [2.45, 2.75) is 25.0 Å². The van der Waals surface area contributed by atoms with Gasteiger partial charge in [-0.05, 0) is 42.0 Å². The number of carbonyl (C=O) groups excluding carboxylic acids is 2. The summed E-state index contributed by atoms with van der Waals surface area (Å²) < 4.78 is 11.8. The first-order valence-electron chi connectivity index (χ1n) is 14.9. The number of anilines is 2. The number of urea groups is 1. The van der Waals surface area contributed by atoms with Gasteiger partial charge < -0.3 is 30.1 Å². The molecule has 12 heteroatoms. The third-order valence-corrected chi connectivity index (χ3v) is 8.36. The molecule has 0 saturated carbocycles. The topological polar surface area (TPSA) is 124 Å². The Hall–Kier alpha value is -4.32. The number of nitrogens with one attached hydrogen (secondary N) is 2. The summed E-state index contributed by atoms with van der Waals surface area (Å²) >= 11 is 6.15. The highest BCUT2D eigenvalue weighted by atomic mass is 35.5. The highest BCUT2D eigenvalue weighted by Crippen LogP contribution is 2.29. The van der Waals surface area contributed by atoms with Crippen LogP contribution >= 0.6 is 11.6 Å². The highest BCUT2D eigenvalue weighted by Gasteiger charge is 2.38. The van der Waals surface area contributed by atoms with Crippen molar-refractivity contribution < 1.29 is 29.0 Å². The number of benzene rings is 3. The van der Waals surface area contributed by atoms with E-state index in [1.807, 2.05) is 40.1 Å². The summed E-state index contributed by atoms with van der Waals surface area (Å²) in [6.07, 6.45) is 0.707. The van der Waals surface area contributed by atoms with Crippen molar-refractivity contribution in [3.63, 3.8) is 0 Å². The first-order chi connectivity index (χ1) is 21.8. The van der Waals surface area contributed by atoms with E-state index in [4.69, 9.17) is 26.2 Å². The number of likely N-dealkylation sites (tertiary alicyclic amines) is 1. The van der Waals surface area contributed by atoms with Crippen LogP contribution in [-0.2, 0) is 16.0 Å². The van der Waals surface area contributed by atoms with Crippen molar-refractivity contribution >= 4 is 40.9 Å². The molecule has 11 nitrogen and oxygen atoms in total. The van der Waals surface area contributed by atoms with E-state index in [-0.39, 0.29) is 31.0 Å². The molecule has 3 amide bonds. The van der Waals surface area contributed by atoms with E-state index in [0.717, 1.165) is 24.4 Å². The van der Waals surface area contributed by atoms with E-state index < -0.39 is 12.0 Å². The SMILES string of the molecule is COc1cc(CC(=O)N2C[C@@H](Oc3ccccc3)CC2CN2CCN(CC(=O)O)CC2)ccc1NC(=O)Nc1ccccc1Cl. The minimum Gasteiger partial charge on any atom is -0.495 e. The molecule has 2 fully saturated rings. The number of piperazine rings is 1. The number of hydrogen-bond donors (Lipinski definition) is 3. The van der Waals surface area contributed by atoms with Crippen molar-refractivity contribution in [1.29, 1.82) is 0 Å². The molecule has 45 heavy (non-hydrogen) atoms. The van der Waals surface area contributed by atoms with Crippen LogP contribution in [-0.4, -0.2) is 103 Å². The lowest BCUT2D eigenvalue weighted by Gasteiger charge is -2.36. The largest absolute Gasteiger partial charge is 0.495 e. The van der Waals surface area contributed by atoms with Gasteiger partial charge in [0.05, 0.1) is 43.0 Å². The average molecular weight is 636 g/mol. The number of amides is 3. The van der Waals surface area contributed by atoms with Gasteiger partial charge in [0.25, 0.3) is 0 Å². The lowest BCUT2D eigenvalue weighted by Crippen LogP contribution is -2.52. The standard InChI is InChI=1S/C33H38ClN5O6/c1-44-30-17-23(11-12-29(30)36-33(43)35-28-10-6-5-9-27(28)34)18-31(40)39-21-26(45-25-7-3-2-4-8-25)19-24(39)20-37-13-15-38(16-14-37)22-32(41)42/h2-12,17,24,26H,13-16,18-22H2,1H3,(H,41,42)(H2,35,36,43)/t24?,26-/m0/s1. The fourth-order valence-corrected chi connectivity index (χ4v) is 5.99. The Balaban J connectivity index is 1.24. The first-order valence-corrected chi connectivity index (χ1v) is 15.3. The third kappa shape index (κ3) is 8.87. The molecule has 3 aromatic carbocycles. The van der Waals surface area contributed by atoms with Crippen LogP contribution in [0.5, 0.6) is 11.5 Å². The number of carbonyl (C=O) groups is 3. The lowest BCUT2D eigenvalue weighted by molar-refractivity contribution is -0.139. The zero-order valence-corrected chi connectivity index (χ0v) is 25.9. The van der Waals surface area contributed by atoms with Crippen molar-refractivity contribution in [3.8, 4) is 11.5 Å². The molecule has 1 unspecified atom stereocenters. The number of methoxy groups -OCH3 is 1. The summed E-state index contributed by atoms with van der Waals surface area (Å²) in [6.45, 7) is 4.03. The molecule has 2 aliphatic heterocycles. The molecule has 2 heterocycles. The Bertz CT molecular complexity index is 1480. The summed E-state index contributed by atoms with van der Waals surface area (Å²) in [6, 6.07) is 21.3. The fourth-order valence-electron chi connectivity index (χ4n) is 5.81. The van der Waals surface area contributed by atoms with Gasteiger partial charge in [-0.2, -0.15) is 0 Å². The van der Waals surface area contributed by atoms with Gasteiger partial charge in [-0.25, -0.2) is 4.79 Å². The van der Waals surface area contributed by atoms with Gasteiger partial charge in [-0.3, -0.25) is 19.4 Å². The number of para-hydroxylation sites is 2. The molecule has 0 aromatic heterocycles. The fraction of sp³-hybridized carbons (Fsp3) is 0.364. The van der Waals surface area contributed by atoms with E-state index in [0.29, 0.717) is 54.7 Å². The number of rotatable bonds is 11. The molecular formula is C33H38ClN5O6. The Morgan fingerprint density at radius 2 is 1.60 bits per heavy atom. The zero-order chi connectivity index (χ0) is 31.8. The van der Waals surface area contributed by atoms with E-state index in [1.165, 1.54) is 7.11 Å². The van der Waals surface area contributed by atoms with Gasteiger partial charge >= 0.3 is 12.0 Å². The summed E-state index contributed by atoms with van der Waals surface area (Å²) in [4.78, 5) is 43.7. The third-order valence-electron chi connectivity index (χ3n) is 8.03. The van der Waals surface area contributed by atoms with Crippen molar-refractivity contribution in [2.75, 3.05) is 63.6 Å². The minimum atomic E-state index is -0.822. The number of ether oxygens (including phenoxy) is 2. The maximum absolute atomic E-state index is 13.8. The molecule has 0 aliphatic carbocycles. The monoisotopic (exact) mass is 635 g/mol. The second-order valence-corrected chi connectivity index (χ2v) is 11.6. The van der Waals surface area contributed by atoms with E-state index in [9.17, 15) is 14.4 Å². The van der Waals surface area contributed by atoms with Crippen LogP contribution < -0.4 is 20.1 Å². The molecule has 2 saturated heterocycles. The van der Waals surface area contributed by atoms with Crippen molar-refractivity contribution in [2.24, 2.45) is 0 Å². The molecule has 0 spiro atoms. The molecular weight excluding hydrogens is 598 g/mol. The molecule has 2 aliphatic rings. The van der Waals surface area contributed by atoms with Crippen LogP contribution in [0.3, 0.4) is 0 Å². The smallest absolute Gasteiger partial charge is 0.323 e. The maximum Gasteiger partial charge on any atom is 0.323 e. The average Bonchev–Trinajstić information content (AvgIpc) is 3.42. The van der Waals surface area contributed by atoms with Crippen LogP contribution in [0.25, 0.3) is 0 Å². The van der Waals surface area contributed by atoms with Gasteiger partial charge in [0.15, 0.2) is 0 Å². The van der Waals surface area contributed by atoms with Gasteiger partial charge in [-0.1, -0.05) is 48.0 Å². The second kappa shape index (κ2) is 15.1. The number of carboxylic acid groups (broad SMARTS) is 1. The summed E-state index contributed by atoms with van der Waals surface area (Å²) in [5.41, 5.74) is 1.69. The molecule has 3 aromatic rings. The van der Waals surface area contributed by atoms with Crippen molar-refractivity contribution in [3.05, 3.63) is 83.4 Å². The summed E-state index contributed by atoms with van der Waals surface area (Å²) in [7, 11) is 1.51. The molecule has 3 N–H and O–H groups in total. The minimum absolute atomic E-state index is 0.0251. The van der Waals surface area contributed by atoms with E-state index in [2.05, 4.69) is 15.5 Å². The second-order valence-electron chi connectivity index (χ2n) is 11.2. The van der Waals surface area contributed by atoms with Crippen molar-refractivity contribution in [1.82, 2.24) is 14.7 Å². The van der Waals surface area contributed by atoms with Gasteiger partial charge in [0.2, 0.25) is 5.91 Å². The molecule has 2 atom stereocenters. The quantitative estimate of drug-likeness (QED) is 0.285. The number of halogens is 1. The van der Waals surface area contributed by atoms with Gasteiger partial charge in [0.1, 0.15) is 17.6 Å². The Labute approximate surface area is 267 Å². The Morgan fingerprint density at radius 1 is 0.911 bits per heavy atom. The molecule has 0 radical (unpaired) electrons. The summed E-state index contributed by atoms with van der Waals surface area (Å²) in [5.74, 6) is 0.349. The number of aliphatic carboxylic acids is 1. The first kappa shape index (κ1) is 32.1. The highest BCUT2D eigenvalue weighted by molar-refractivity contribution is 6.33. The molecule has 238 valence electrons. The molecule has 5 rings (SSSR count). The molecule has 0 bridgehead atoms. The van der Waals surface area contributed by atoms with Crippen LogP contribution in [0.15, 0.2) is 72.8 Å². The number of hydrogen-bond acceptors (Lipinski definition) is 7. The maximum atomic E-state index is 13.8. The van der Waals surface area contributed by atoms with Crippen LogP contribution in [0, 0.1) is 0 Å². The van der Waals surface area contributed by atoms with E-state index in [1.54, 1.807) is 42.5 Å². The lowest BCUT2D eigenvalue weighted by atomic mass is 10.1. The zero-order valence-electron chi connectivity index (χ0n) is 25.2. The van der Waals surface area contributed by atoms with Crippen LogP contribution in [0.4, 0.5) is 16.2 Å². The number of nitrogens with zero attached hydrogens (tertiary/aromatic N) is 3. The Morgan fingerprint density at radius 3 is 2.31 bits per heavy atom. The summed E-state index contributed by atoms with van der Waals surface area (Å²) in [5, 5.41) is 15.1. The predicted molar refractivity (Wildman–Crippen MR) is 172 cm³/mol. The Kier molecular flexibility index (Phi) is 10.8. The number of carboxylic acids is 1. The van der Waals surface area contributed by atoms with Crippen LogP contribution in [0.2, 0.25) is 5.02 Å². The van der Waals surface area contributed by atoms with Crippen LogP contribution in [0.1, 0.15) is 12.0 Å². The van der Waals surface area contributed by atoms with Gasteiger partial charge in [-0.15, -0.1) is 0 Å².